The zero-order chi connectivity index (χ0) is 23.4. The number of halogens is 1. The van der Waals surface area contributed by atoms with Crippen LogP contribution < -0.4 is 14.9 Å². The first-order chi connectivity index (χ1) is 15.2. The van der Waals surface area contributed by atoms with Crippen LogP contribution in [-0.4, -0.2) is 33.9 Å². The molecule has 1 aliphatic rings. The Bertz CT molecular complexity index is 1100. The summed E-state index contributed by atoms with van der Waals surface area (Å²) in [4.78, 5) is 25.9. The number of amides is 2. The molecule has 1 fully saturated rings. The van der Waals surface area contributed by atoms with Gasteiger partial charge in [-0.2, -0.15) is 5.01 Å². The molecule has 2 amide bonds. The van der Waals surface area contributed by atoms with Crippen LogP contribution in [0.2, 0.25) is 5.02 Å². The fourth-order valence-electron chi connectivity index (χ4n) is 2.92. The maximum atomic E-state index is 12.9. The maximum absolute atomic E-state index is 12.9. The van der Waals surface area contributed by atoms with Crippen LogP contribution in [0, 0.1) is 6.92 Å². The monoisotopic (exact) mass is 490 g/mol. The summed E-state index contributed by atoms with van der Waals surface area (Å²) in [6.45, 7) is 8.12. The fourth-order valence-corrected chi connectivity index (χ4v) is 4.42. The normalized spacial score (nSPS) is 14.9. The number of benzene rings is 2. The molecule has 0 aliphatic carbocycles. The summed E-state index contributed by atoms with van der Waals surface area (Å²) in [7, 11) is 0. The van der Waals surface area contributed by atoms with E-state index in [1.807, 2.05) is 33.8 Å². The molecular formula is C23H23ClN2O4S2. The van der Waals surface area contributed by atoms with Crippen molar-refractivity contribution in [3.05, 3.63) is 63.0 Å². The number of aryl methyl sites for hydroxylation is 1. The van der Waals surface area contributed by atoms with Gasteiger partial charge < -0.3 is 9.47 Å². The van der Waals surface area contributed by atoms with Crippen molar-refractivity contribution in [3.63, 3.8) is 0 Å². The van der Waals surface area contributed by atoms with Gasteiger partial charge in [0.25, 0.3) is 11.8 Å². The van der Waals surface area contributed by atoms with Crippen molar-refractivity contribution in [2.45, 2.75) is 33.8 Å². The Kier molecular flexibility index (Phi) is 7.82. The van der Waals surface area contributed by atoms with Crippen LogP contribution >= 0.6 is 35.6 Å². The molecule has 6 nitrogen and oxygen atoms in total. The molecule has 1 N–H and O–H groups in total. The van der Waals surface area contributed by atoms with Gasteiger partial charge >= 0.3 is 0 Å². The highest BCUT2D eigenvalue weighted by Crippen LogP contribution is 2.34. The molecule has 1 heterocycles. The molecule has 0 bridgehead atoms. The summed E-state index contributed by atoms with van der Waals surface area (Å²) < 4.78 is 11.7. The van der Waals surface area contributed by atoms with Crippen molar-refractivity contribution in [3.8, 4) is 11.5 Å². The van der Waals surface area contributed by atoms with Crippen molar-refractivity contribution < 1.29 is 19.1 Å². The lowest BCUT2D eigenvalue weighted by Gasteiger charge is -2.16. The van der Waals surface area contributed by atoms with Gasteiger partial charge in [-0.05, 0) is 81.4 Å². The summed E-state index contributed by atoms with van der Waals surface area (Å²) in [5.74, 6) is 0.292. The van der Waals surface area contributed by atoms with Gasteiger partial charge in [-0.1, -0.05) is 35.5 Å². The molecule has 0 spiro atoms. The highest BCUT2D eigenvalue weighted by Gasteiger charge is 2.34. The number of rotatable bonds is 7. The van der Waals surface area contributed by atoms with Gasteiger partial charge in [0.2, 0.25) is 0 Å². The van der Waals surface area contributed by atoms with E-state index in [0.717, 1.165) is 27.9 Å². The van der Waals surface area contributed by atoms with E-state index in [1.165, 1.54) is 0 Å². The number of hydrogen-bond acceptors (Lipinski definition) is 6. The highest BCUT2D eigenvalue weighted by molar-refractivity contribution is 8.26. The van der Waals surface area contributed by atoms with Crippen LogP contribution in [0.25, 0.3) is 6.08 Å². The Labute approximate surface area is 201 Å². The van der Waals surface area contributed by atoms with E-state index >= 15 is 0 Å². The van der Waals surface area contributed by atoms with Crippen molar-refractivity contribution >= 4 is 57.8 Å². The first kappa shape index (κ1) is 24.1. The lowest BCUT2D eigenvalue weighted by atomic mass is 10.1. The quantitative estimate of drug-likeness (QED) is 0.415. The first-order valence-corrected chi connectivity index (χ1v) is 11.6. The number of thioether (sulfide) groups is 1. The Morgan fingerprint density at radius 1 is 1.25 bits per heavy atom. The number of carbonyl (C=O) groups excluding carboxylic acids is 2. The van der Waals surface area contributed by atoms with Crippen LogP contribution in [-0.2, 0) is 4.79 Å². The molecule has 0 aromatic heterocycles. The standard InChI is InChI=1S/C23H23ClN2O4S2/c1-5-29-19-11-15(7-9-18(19)30-13(2)3)12-20-22(28)26(23(31)32-20)25-21(27)16-8-6-14(4)10-17(16)24/h6-13H,5H2,1-4H3,(H,25,27)/b20-12+. The van der Waals surface area contributed by atoms with Crippen LogP contribution in [0.15, 0.2) is 41.3 Å². The second-order valence-electron chi connectivity index (χ2n) is 7.25. The lowest BCUT2D eigenvalue weighted by Crippen LogP contribution is -2.44. The molecule has 9 heteroatoms. The van der Waals surface area contributed by atoms with Crippen LogP contribution in [0.3, 0.4) is 0 Å². The van der Waals surface area contributed by atoms with Gasteiger partial charge in [0, 0.05) is 0 Å². The van der Waals surface area contributed by atoms with E-state index in [2.05, 4.69) is 5.43 Å². The summed E-state index contributed by atoms with van der Waals surface area (Å²) >= 11 is 12.6. The smallest absolute Gasteiger partial charge is 0.285 e. The first-order valence-electron chi connectivity index (χ1n) is 9.98. The van der Waals surface area contributed by atoms with E-state index < -0.39 is 11.8 Å². The maximum Gasteiger partial charge on any atom is 0.285 e. The summed E-state index contributed by atoms with van der Waals surface area (Å²) in [5.41, 5.74) is 4.48. The molecule has 2 aromatic carbocycles. The molecule has 0 unspecified atom stereocenters. The fraction of sp³-hybridized carbons (Fsp3) is 0.261. The average Bonchev–Trinajstić information content (AvgIpc) is 2.97. The van der Waals surface area contributed by atoms with E-state index in [4.69, 9.17) is 33.3 Å². The van der Waals surface area contributed by atoms with Gasteiger partial charge in [-0.15, -0.1) is 0 Å². The molecular weight excluding hydrogens is 468 g/mol. The van der Waals surface area contributed by atoms with Crippen molar-refractivity contribution in [2.75, 3.05) is 6.61 Å². The molecule has 0 saturated carbocycles. The number of hydrogen-bond donors (Lipinski definition) is 1. The second-order valence-corrected chi connectivity index (χ2v) is 9.33. The van der Waals surface area contributed by atoms with Crippen LogP contribution in [0.1, 0.15) is 42.3 Å². The van der Waals surface area contributed by atoms with Crippen molar-refractivity contribution in [2.24, 2.45) is 0 Å². The molecule has 1 saturated heterocycles. The van der Waals surface area contributed by atoms with Gasteiger partial charge in [0.05, 0.1) is 28.2 Å². The Balaban J connectivity index is 1.80. The van der Waals surface area contributed by atoms with Crippen molar-refractivity contribution in [1.82, 2.24) is 10.4 Å². The molecule has 1 aliphatic heterocycles. The van der Waals surface area contributed by atoms with E-state index in [-0.39, 0.29) is 16.0 Å². The number of hydrazine groups is 1. The minimum Gasteiger partial charge on any atom is -0.490 e. The Hall–Kier alpha value is -2.55. The van der Waals surface area contributed by atoms with Gasteiger partial charge in [-0.25, -0.2) is 0 Å². The third kappa shape index (κ3) is 5.62. The van der Waals surface area contributed by atoms with Gasteiger partial charge in [0.15, 0.2) is 15.8 Å². The number of carbonyl (C=O) groups is 2. The largest absolute Gasteiger partial charge is 0.490 e. The summed E-state index contributed by atoms with van der Waals surface area (Å²) in [5, 5.41) is 1.36. The summed E-state index contributed by atoms with van der Waals surface area (Å²) in [6.07, 6.45) is 1.70. The molecule has 168 valence electrons. The predicted octanol–water partition coefficient (Wildman–Crippen LogP) is 5.38. The number of nitrogens with zero attached hydrogens (tertiary/aromatic N) is 1. The van der Waals surface area contributed by atoms with Crippen molar-refractivity contribution in [1.29, 1.82) is 0 Å². The molecule has 0 radical (unpaired) electrons. The topological polar surface area (TPSA) is 67.9 Å². The number of thiocarbonyl (C=S) groups is 1. The SMILES string of the molecule is CCOc1cc(/C=C2/SC(=S)N(NC(=O)c3ccc(C)cc3Cl)C2=O)ccc1OC(C)C. The third-order valence-corrected chi connectivity index (χ3v) is 5.92. The summed E-state index contributed by atoms with van der Waals surface area (Å²) in [6, 6.07) is 10.5. The Morgan fingerprint density at radius 2 is 2.00 bits per heavy atom. The van der Waals surface area contributed by atoms with Crippen LogP contribution in [0.4, 0.5) is 0 Å². The average molecular weight is 491 g/mol. The minimum atomic E-state index is -0.513. The van der Waals surface area contributed by atoms with E-state index in [9.17, 15) is 9.59 Å². The lowest BCUT2D eigenvalue weighted by molar-refractivity contribution is -0.123. The molecule has 2 aromatic rings. The molecule has 3 rings (SSSR count). The van der Waals surface area contributed by atoms with Crippen LogP contribution in [0.5, 0.6) is 11.5 Å². The van der Waals surface area contributed by atoms with E-state index in [0.29, 0.717) is 28.0 Å². The number of nitrogens with one attached hydrogen (secondary N) is 1. The highest BCUT2D eigenvalue weighted by atomic mass is 35.5. The van der Waals surface area contributed by atoms with Gasteiger partial charge in [-0.3, -0.25) is 15.0 Å². The number of ether oxygens (including phenoxy) is 2. The molecule has 32 heavy (non-hydrogen) atoms. The minimum absolute atomic E-state index is 0.00181. The van der Waals surface area contributed by atoms with E-state index in [1.54, 1.807) is 36.4 Å². The Morgan fingerprint density at radius 3 is 2.66 bits per heavy atom. The zero-order valence-electron chi connectivity index (χ0n) is 18.1. The third-order valence-electron chi connectivity index (χ3n) is 4.30. The predicted molar refractivity (Wildman–Crippen MR) is 132 cm³/mol. The second kappa shape index (κ2) is 10.4. The van der Waals surface area contributed by atoms with Gasteiger partial charge in [0.1, 0.15) is 0 Å². The molecule has 0 atom stereocenters. The zero-order valence-corrected chi connectivity index (χ0v) is 20.5.